The highest BCUT2D eigenvalue weighted by atomic mass is 16.6. The predicted molar refractivity (Wildman–Crippen MR) is 61.1 cm³/mol. The Labute approximate surface area is 93.1 Å². The van der Waals surface area contributed by atoms with Crippen LogP contribution in [0.1, 0.15) is 13.8 Å². The van der Waals surface area contributed by atoms with Gasteiger partial charge in [-0.25, -0.2) is 0 Å². The number of non-ortho nitro benzene ring substituents is 1. The van der Waals surface area contributed by atoms with E-state index in [1.807, 2.05) is 0 Å². The van der Waals surface area contributed by atoms with Gasteiger partial charge in [-0.05, 0) is 19.1 Å². The maximum Gasteiger partial charge on any atom is 0.269 e. The SMILES string of the molecule is C/C=C/N(C(C)=O)c1ccc([N+](=O)[O-])cc1. The molecule has 1 amide bonds. The largest absolute Gasteiger partial charge is 0.288 e. The van der Waals surface area contributed by atoms with Gasteiger partial charge in [0.25, 0.3) is 5.69 Å². The summed E-state index contributed by atoms with van der Waals surface area (Å²) >= 11 is 0. The van der Waals surface area contributed by atoms with Crippen LogP contribution in [0.5, 0.6) is 0 Å². The predicted octanol–water partition coefficient (Wildman–Crippen LogP) is 2.48. The van der Waals surface area contributed by atoms with E-state index in [0.717, 1.165) is 0 Å². The molecule has 0 unspecified atom stereocenters. The fraction of sp³-hybridized carbons (Fsp3) is 0.182. The highest BCUT2D eigenvalue weighted by Crippen LogP contribution is 2.19. The molecule has 0 saturated carbocycles. The summed E-state index contributed by atoms with van der Waals surface area (Å²) in [5.74, 6) is -0.146. The minimum absolute atomic E-state index is 0.00716. The van der Waals surface area contributed by atoms with Crippen molar-refractivity contribution in [3.63, 3.8) is 0 Å². The van der Waals surface area contributed by atoms with Crippen LogP contribution >= 0.6 is 0 Å². The topological polar surface area (TPSA) is 63.5 Å². The van der Waals surface area contributed by atoms with E-state index in [2.05, 4.69) is 0 Å². The lowest BCUT2D eigenvalue weighted by Gasteiger charge is -2.15. The van der Waals surface area contributed by atoms with Crippen molar-refractivity contribution in [1.82, 2.24) is 0 Å². The van der Waals surface area contributed by atoms with Crippen molar-refractivity contribution in [1.29, 1.82) is 0 Å². The zero-order chi connectivity index (χ0) is 12.1. The lowest BCUT2D eigenvalue weighted by molar-refractivity contribution is -0.384. The van der Waals surface area contributed by atoms with Gasteiger partial charge >= 0.3 is 0 Å². The number of allylic oxidation sites excluding steroid dienone is 1. The Hall–Kier alpha value is -2.17. The summed E-state index contributed by atoms with van der Waals surface area (Å²) in [6.45, 7) is 3.22. The average molecular weight is 220 g/mol. The van der Waals surface area contributed by atoms with E-state index in [-0.39, 0.29) is 11.6 Å². The summed E-state index contributed by atoms with van der Waals surface area (Å²) in [4.78, 5) is 22.7. The van der Waals surface area contributed by atoms with Crippen molar-refractivity contribution in [2.45, 2.75) is 13.8 Å². The van der Waals surface area contributed by atoms with E-state index in [4.69, 9.17) is 0 Å². The van der Waals surface area contributed by atoms with Gasteiger partial charge in [0, 0.05) is 30.9 Å². The molecular weight excluding hydrogens is 208 g/mol. The molecule has 1 aromatic rings. The number of nitro groups is 1. The highest BCUT2D eigenvalue weighted by Gasteiger charge is 2.10. The number of amides is 1. The van der Waals surface area contributed by atoms with Gasteiger partial charge in [0.1, 0.15) is 0 Å². The zero-order valence-electron chi connectivity index (χ0n) is 9.08. The number of anilines is 1. The number of hydrogen-bond acceptors (Lipinski definition) is 3. The number of nitrogens with zero attached hydrogens (tertiary/aromatic N) is 2. The molecule has 0 heterocycles. The van der Waals surface area contributed by atoms with Crippen LogP contribution < -0.4 is 4.90 Å². The van der Waals surface area contributed by atoms with E-state index in [0.29, 0.717) is 5.69 Å². The van der Waals surface area contributed by atoms with Crippen LogP contribution in [0.15, 0.2) is 36.5 Å². The van der Waals surface area contributed by atoms with E-state index < -0.39 is 4.92 Å². The maximum absolute atomic E-state index is 11.3. The highest BCUT2D eigenvalue weighted by molar-refractivity contribution is 5.93. The van der Waals surface area contributed by atoms with E-state index in [9.17, 15) is 14.9 Å². The van der Waals surface area contributed by atoms with Gasteiger partial charge < -0.3 is 0 Å². The van der Waals surface area contributed by atoms with E-state index in [1.54, 1.807) is 31.3 Å². The summed E-state index contributed by atoms with van der Waals surface area (Å²) < 4.78 is 0. The average Bonchev–Trinajstić information content (AvgIpc) is 2.25. The number of carbonyl (C=O) groups is 1. The molecule has 1 aromatic carbocycles. The van der Waals surface area contributed by atoms with Crippen LogP contribution in [0.2, 0.25) is 0 Å². The van der Waals surface area contributed by atoms with Crippen LogP contribution in [-0.4, -0.2) is 10.8 Å². The molecule has 5 nitrogen and oxygen atoms in total. The Morgan fingerprint density at radius 2 is 1.94 bits per heavy atom. The molecule has 0 spiro atoms. The van der Waals surface area contributed by atoms with Crippen molar-refractivity contribution < 1.29 is 9.72 Å². The van der Waals surface area contributed by atoms with Gasteiger partial charge in [0.05, 0.1) is 4.92 Å². The van der Waals surface area contributed by atoms with Crippen LogP contribution in [0.25, 0.3) is 0 Å². The first-order chi connectivity index (χ1) is 7.56. The molecule has 1 rings (SSSR count). The number of hydrogen-bond donors (Lipinski definition) is 0. The molecule has 0 aromatic heterocycles. The zero-order valence-corrected chi connectivity index (χ0v) is 9.08. The van der Waals surface area contributed by atoms with Crippen molar-refractivity contribution in [3.8, 4) is 0 Å². The van der Waals surface area contributed by atoms with Crippen molar-refractivity contribution in [2.24, 2.45) is 0 Å². The number of nitro benzene ring substituents is 1. The number of benzene rings is 1. The van der Waals surface area contributed by atoms with E-state index in [1.165, 1.54) is 24.0 Å². The minimum atomic E-state index is -0.475. The molecule has 0 fully saturated rings. The lowest BCUT2D eigenvalue weighted by Crippen LogP contribution is -2.21. The first-order valence-electron chi connectivity index (χ1n) is 4.73. The molecule has 0 aliphatic heterocycles. The molecule has 0 aliphatic rings. The second-order valence-electron chi connectivity index (χ2n) is 3.14. The third-order valence-corrected chi connectivity index (χ3v) is 1.98. The van der Waals surface area contributed by atoms with Crippen LogP contribution in [0.3, 0.4) is 0 Å². The summed E-state index contributed by atoms with van der Waals surface area (Å²) in [7, 11) is 0. The van der Waals surface area contributed by atoms with Gasteiger partial charge in [0.2, 0.25) is 5.91 Å². The second kappa shape index (κ2) is 5.06. The van der Waals surface area contributed by atoms with Crippen LogP contribution in [0.4, 0.5) is 11.4 Å². The molecule has 0 N–H and O–H groups in total. The minimum Gasteiger partial charge on any atom is -0.288 e. The first kappa shape index (κ1) is 11.9. The molecule has 0 bridgehead atoms. The number of carbonyl (C=O) groups excluding carboxylic acids is 1. The Kier molecular flexibility index (Phi) is 3.77. The third kappa shape index (κ3) is 2.66. The Morgan fingerprint density at radius 3 is 2.31 bits per heavy atom. The van der Waals surface area contributed by atoms with E-state index >= 15 is 0 Å². The standard InChI is InChI=1S/C11H12N2O3/c1-3-8-12(9(2)14)10-4-6-11(7-5-10)13(15)16/h3-8H,1-2H3/b8-3+. The third-order valence-electron chi connectivity index (χ3n) is 1.98. The van der Waals surface area contributed by atoms with Crippen molar-refractivity contribution in [2.75, 3.05) is 4.90 Å². The van der Waals surface area contributed by atoms with Crippen LogP contribution in [0, 0.1) is 10.1 Å². The summed E-state index contributed by atoms with van der Waals surface area (Å²) in [5, 5.41) is 10.5. The fourth-order valence-corrected chi connectivity index (χ4v) is 1.26. The summed E-state index contributed by atoms with van der Waals surface area (Å²) in [6, 6.07) is 5.82. The molecule has 5 heteroatoms. The van der Waals surface area contributed by atoms with Gasteiger partial charge in [-0.15, -0.1) is 0 Å². The molecule has 84 valence electrons. The summed E-state index contributed by atoms with van der Waals surface area (Å²) in [6.07, 6.45) is 3.34. The molecule has 0 radical (unpaired) electrons. The molecular formula is C11H12N2O3. The molecule has 0 atom stereocenters. The Morgan fingerprint density at radius 1 is 1.38 bits per heavy atom. The smallest absolute Gasteiger partial charge is 0.269 e. The monoisotopic (exact) mass is 220 g/mol. The van der Waals surface area contributed by atoms with Crippen molar-refractivity contribution >= 4 is 17.3 Å². The Bertz CT molecular complexity index is 423. The Balaban J connectivity index is 3.03. The van der Waals surface area contributed by atoms with Gasteiger partial charge in [-0.2, -0.15) is 0 Å². The number of rotatable bonds is 3. The lowest BCUT2D eigenvalue weighted by atomic mass is 10.2. The van der Waals surface area contributed by atoms with Gasteiger partial charge in [-0.3, -0.25) is 19.8 Å². The van der Waals surface area contributed by atoms with Gasteiger partial charge in [0.15, 0.2) is 0 Å². The quantitative estimate of drug-likeness (QED) is 0.580. The second-order valence-corrected chi connectivity index (χ2v) is 3.14. The normalized spacial score (nSPS) is 10.4. The summed E-state index contributed by atoms with van der Waals surface area (Å²) in [5.41, 5.74) is 0.615. The maximum atomic E-state index is 11.3. The first-order valence-corrected chi connectivity index (χ1v) is 4.73. The fourth-order valence-electron chi connectivity index (χ4n) is 1.26. The van der Waals surface area contributed by atoms with Crippen LogP contribution in [-0.2, 0) is 4.79 Å². The molecule has 0 aliphatic carbocycles. The van der Waals surface area contributed by atoms with Crippen molar-refractivity contribution in [3.05, 3.63) is 46.7 Å². The van der Waals surface area contributed by atoms with Gasteiger partial charge in [-0.1, -0.05) is 6.08 Å². The molecule has 0 saturated heterocycles. The molecule has 16 heavy (non-hydrogen) atoms.